The first kappa shape index (κ1) is 17.2. The third-order valence-corrected chi connectivity index (χ3v) is 5.90. The maximum Gasteiger partial charge on any atom is 0.127 e. The number of hydrogen-bond acceptors (Lipinski definition) is 1. The third kappa shape index (κ3) is 3.62. The van der Waals surface area contributed by atoms with Gasteiger partial charge in [0.2, 0.25) is 0 Å². The quantitative estimate of drug-likeness (QED) is 0.427. The number of aldehydes is 1. The van der Waals surface area contributed by atoms with E-state index in [0.29, 0.717) is 5.92 Å². The van der Waals surface area contributed by atoms with Gasteiger partial charge in [-0.05, 0) is 70.6 Å². The Morgan fingerprint density at radius 3 is 2.50 bits per heavy atom. The Morgan fingerprint density at radius 1 is 1.09 bits per heavy atom. The monoisotopic (exact) mass is 300 g/mol. The van der Waals surface area contributed by atoms with Crippen molar-refractivity contribution in [1.82, 2.24) is 0 Å². The van der Waals surface area contributed by atoms with E-state index in [1.54, 1.807) is 0 Å². The Hall–Kier alpha value is -1.11. The Bertz CT molecular complexity index is 516. The molecule has 0 fully saturated rings. The first-order valence-electron chi connectivity index (χ1n) is 8.83. The van der Waals surface area contributed by atoms with E-state index >= 15 is 0 Å². The summed E-state index contributed by atoms with van der Waals surface area (Å²) in [4.78, 5) is 11.8. The van der Waals surface area contributed by atoms with Gasteiger partial charge in [-0.15, -0.1) is 0 Å². The summed E-state index contributed by atoms with van der Waals surface area (Å²) in [5.74, 6) is 0.728. The van der Waals surface area contributed by atoms with Gasteiger partial charge in [0.05, 0.1) is 0 Å². The number of fused-ring (bicyclic) bond motifs is 2. The van der Waals surface area contributed by atoms with Crippen molar-refractivity contribution < 1.29 is 4.79 Å². The highest BCUT2D eigenvalue weighted by Gasteiger charge is 2.39. The molecule has 0 aromatic rings. The fraction of sp³-hybridized carbons (Fsp3) is 0.667. The molecule has 0 heterocycles. The van der Waals surface area contributed by atoms with Crippen LogP contribution in [0.25, 0.3) is 0 Å². The molecule has 0 aromatic heterocycles. The lowest BCUT2D eigenvalue weighted by atomic mass is 9.60. The Morgan fingerprint density at radius 2 is 1.82 bits per heavy atom. The van der Waals surface area contributed by atoms with Crippen LogP contribution in [0, 0.1) is 17.3 Å². The average Bonchev–Trinajstić information content (AvgIpc) is 2.43. The molecule has 122 valence electrons. The molecular weight excluding hydrogens is 268 g/mol. The molecule has 0 aromatic carbocycles. The second kappa shape index (κ2) is 6.98. The normalized spacial score (nSPS) is 32.2. The van der Waals surface area contributed by atoms with Crippen LogP contribution in [0.3, 0.4) is 0 Å². The Kier molecular flexibility index (Phi) is 5.47. The Balaban J connectivity index is 2.46. The van der Waals surface area contributed by atoms with Gasteiger partial charge in [-0.1, -0.05) is 48.3 Å². The third-order valence-electron chi connectivity index (χ3n) is 5.90. The molecule has 1 heteroatoms. The lowest BCUT2D eigenvalue weighted by molar-refractivity contribution is -0.110. The predicted molar refractivity (Wildman–Crippen MR) is 94.7 cm³/mol. The smallest absolute Gasteiger partial charge is 0.127 e. The highest BCUT2D eigenvalue weighted by atomic mass is 16.1. The van der Waals surface area contributed by atoms with E-state index in [1.165, 1.54) is 35.0 Å². The van der Waals surface area contributed by atoms with E-state index in [0.717, 1.165) is 32.1 Å². The maximum absolute atomic E-state index is 11.8. The zero-order valence-electron chi connectivity index (χ0n) is 15.0. The van der Waals surface area contributed by atoms with Crippen LogP contribution in [0.5, 0.6) is 0 Å². The van der Waals surface area contributed by atoms with E-state index in [-0.39, 0.29) is 11.3 Å². The molecule has 2 bridgehead atoms. The molecule has 0 saturated carbocycles. The average molecular weight is 300 g/mol. The van der Waals surface area contributed by atoms with Crippen molar-refractivity contribution in [3.8, 4) is 0 Å². The number of hydrogen-bond donors (Lipinski definition) is 0. The zero-order chi connectivity index (χ0) is 16.3. The summed E-state index contributed by atoms with van der Waals surface area (Å²) >= 11 is 0. The lowest BCUT2D eigenvalue weighted by Crippen LogP contribution is -2.34. The van der Waals surface area contributed by atoms with Crippen molar-refractivity contribution in [3.05, 3.63) is 34.4 Å². The molecule has 2 atom stereocenters. The fourth-order valence-electron chi connectivity index (χ4n) is 4.50. The highest BCUT2D eigenvalue weighted by Crippen LogP contribution is 2.50. The van der Waals surface area contributed by atoms with Crippen molar-refractivity contribution in [2.45, 2.75) is 73.1 Å². The van der Waals surface area contributed by atoms with Crippen molar-refractivity contribution in [2.24, 2.45) is 17.3 Å². The van der Waals surface area contributed by atoms with Gasteiger partial charge >= 0.3 is 0 Å². The summed E-state index contributed by atoms with van der Waals surface area (Å²) in [5.41, 5.74) is 5.90. The molecule has 0 saturated heterocycles. The second-order valence-corrected chi connectivity index (χ2v) is 7.97. The van der Waals surface area contributed by atoms with Gasteiger partial charge in [0.15, 0.2) is 0 Å². The van der Waals surface area contributed by atoms with E-state index in [4.69, 9.17) is 0 Å². The standard InChI is InChI=1S/C21H32O/c1-15-7-6-8-16(2)13-18(14-22)20-17(3)10-12-19(11-9-15)21(20,4)5/h8-9,14,18-19H,6-7,10-13H2,1-5H3/b15-9?,16-8+/t18-,19+/m0/s1. The zero-order valence-corrected chi connectivity index (χ0v) is 15.0. The van der Waals surface area contributed by atoms with Crippen LogP contribution in [0.1, 0.15) is 73.1 Å². The Labute approximate surface area is 136 Å². The van der Waals surface area contributed by atoms with Gasteiger partial charge in [-0.25, -0.2) is 0 Å². The molecule has 0 aliphatic heterocycles. The van der Waals surface area contributed by atoms with Crippen LogP contribution in [-0.4, -0.2) is 6.29 Å². The van der Waals surface area contributed by atoms with Gasteiger partial charge in [0.25, 0.3) is 0 Å². The molecule has 2 aliphatic carbocycles. The lowest BCUT2D eigenvalue weighted by Gasteiger charge is -2.44. The number of carbonyl (C=O) groups is 1. The van der Waals surface area contributed by atoms with Crippen molar-refractivity contribution in [2.75, 3.05) is 0 Å². The fourth-order valence-corrected chi connectivity index (χ4v) is 4.50. The minimum Gasteiger partial charge on any atom is -0.303 e. The summed E-state index contributed by atoms with van der Waals surface area (Å²) in [7, 11) is 0. The van der Waals surface area contributed by atoms with Crippen LogP contribution in [0.2, 0.25) is 0 Å². The van der Waals surface area contributed by atoms with E-state index in [1.807, 2.05) is 0 Å². The first-order valence-corrected chi connectivity index (χ1v) is 8.83. The molecule has 0 N–H and O–H groups in total. The summed E-state index contributed by atoms with van der Waals surface area (Å²) in [6.45, 7) is 11.4. The van der Waals surface area contributed by atoms with Crippen molar-refractivity contribution in [3.63, 3.8) is 0 Å². The summed E-state index contributed by atoms with van der Waals surface area (Å²) in [6.07, 6.45) is 12.7. The largest absolute Gasteiger partial charge is 0.303 e. The maximum atomic E-state index is 11.8. The van der Waals surface area contributed by atoms with Crippen LogP contribution < -0.4 is 0 Å². The first-order chi connectivity index (χ1) is 10.4. The number of carbonyl (C=O) groups excluding carboxylic acids is 1. The molecule has 22 heavy (non-hydrogen) atoms. The van der Waals surface area contributed by atoms with E-state index in [2.05, 4.69) is 46.8 Å². The van der Waals surface area contributed by atoms with Crippen LogP contribution in [-0.2, 0) is 4.79 Å². The number of rotatable bonds is 1. The molecular formula is C21H32O. The second-order valence-electron chi connectivity index (χ2n) is 7.97. The van der Waals surface area contributed by atoms with Crippen molar-refractivity contribution in [1.29, 1.82) is 0 Å². The minimum absolute atomic E-state index is 0.0681. The SMILES string of the molecule is CC1=CC[C@@H]2CCC(C)=C([C@H](C=O)C/C(C)=C/CC1)C2(C)C. The molecule has 0 unspecified atom stereocenters. The number of allylic oxidation sites excluding steroid dienone is 6. The summed E-state index contributed by atoms with van der Waals surface area (Å²) < 4.78 is 0. The van der Waals surface area contributed by atoms with Gasteiger partial charge in [0.1, 0.15) is 6.29 Å². The predicted octanol–water partition coefficient (Wildman–Crippen LogP) is 6.02. The molecule has 0 radical (unpaired) electrons. The van der Waals surface area contributed by atoms with Gasteiger partial charge in [0, 0.05) is 5.92 Å². The minimum atomic E-state index is 0.0681. The molecule has 2 aliphatic rings. The van der Waals surface area contributed by atoms with Crippen LogP contribution in [0.15, 0.2) is 34.4 Å². The van der Waals surface area contributed by atoms with Gasteiger partial charge < -0.3 is 4.79 Å². The topological polar surface area (TPSA) is 17.1 Å². The van der Waals surface area contributed by atoms with Crippen molar-refractivity contribution >= 4 is 6.29 Å². The highest BCUT2D eigenvalue weighted by molar-refractivity contribution is 5.61. The van der Waals surface area contributed by atoms with E-state index < -0.39 is 0 Å². The molecule has 0 amide bonds. The summed E-state index contributed by atoms with van der Waals surface area (Å²) in [5, 5.41) is 0. The molecule has 0 spiro atoms. The molecule has 2 rings (SSSR count). The summed E-state index contributed by atoms with van der Waals surface area (Å²) in [6, 6.07) is 0. The molecule has 1 nitrogen and oxygen atoms in total. The van der Waals surface area contributed by atoms with Gasteiger partial charge in [-0.3, -0.25) is 0 Å². The van der Waals surface area contributed by atoms with Gasteiger partial charge in [-0.2, -0.15) is 0 Å². The van der Waals surface area contributed by atoms with E-state index in [9.17, 15) is 4.79 Å². The van der Waals surface area contributed by atoms with Crippen LogP contribution >= 0.6 is 0 Å². The van der Waals surface area contributed by atoms with Crippen LogP contribution in [0.4, 0.5) is 0 Å².